The molecule has 0 aliphatic heterocycles. The van der Waals surface area contributed by atoms with E-state index in [9.17, 15) is 0 Å². The van der Waals surface area contributed by atoms with Gasteiger partial charge < -0.3 is 5.32 Å². The molecule has 0 amide bonds. The van der Waals surface area contributed by atoms with Crippen molar-refractivity contribution in [2.45, 2.75) is 32.7 Å². The van der Waals surface area contributed by atoms with Crippen LogP contribution in [0.2, 0.25) is 0 Å². The standard InChI is InChI=1S/C21H24N4/c1-16(23-12-6-9-18-7-4-3-5-8-18)20-15-24-21(25-17(20)2)19-10-13-22-14-11-19/h3-5,7-8,10-11,13-16,23H,6,9,12H2,1-2H3/t16-/m0/s1. The van der Waals surface area contributed by atoms with Crippen molar-refractivity contribution in [1.29, 1.82) is 0 Å². The van der Waals surface area contributed by atoms with Crippen LogP contribution in [-0.4, -0.2) is 21.5 Å². The third kappa shape index (κ3) is 4.70. The Morgan fingerprint density at radius 1 is 1.04 bits per heavy atom. The predicted molar refractivity (Wildman–Crippen MR) is 101 cm³/mol. The van der Waals surface area contributed by atoms with Gasteiger partial charge in [-0.3, -0.25) is 4.98 Å². The molecule has 0 saturated carbocycles. The van der Waals surface area contributed by atoms with Crippen molar-refractivity contribution in [1.82, 2.24) is 20.3 Å². The second-order valence-corrected chi connectivity index (χ2v) is 6.24. The van der Waals surface area contributed by atoms with Gasteiger partial charge in [-0.2, -0.15) is 0 Å². The SMILES string of the molecule is Cc1nc(-c2ccncc2)ncc1[C@H](C)NCCCc1ccccc1. The smallest absolute Gasteiger partial charge is 0.159 e. The maximum Gasteiger partial charge on any atom is 0.159 e. The summed E-state index contributed by atoms with van der Waals surface area (Å²) in [5.74, 6) is 0.750. The summed E-state index contributed by atoms with van der Waals surface area (Å²) in [5.41, 5.74) is 4.55. The minimum Gasteiger partial charge on any atom is -0.310 e. The molecule has 0 fully saturated rings. The molecule has 0 spiro atoms. The molecular weight excluding hydrogens is 308 g/mol. The molecule has 0 radical (unpaired) electrons. The number of aryl methyl sites for hydroxylation is 2. The zero-order valence-electron chi connectivity index (χ0n) is 14.8. The summed E-state index contributed by atoms with van der Waals surface area (Å²) in [7, 11) is 0. The number of rotatable bonds is 7. The zero-order valence-corrected chi connectivity index (χ0v) is 14.8. The fourth-order valence-corrected chi connectivity index (χ4v) is 2.91. The fraction of sp³-hybridized carbons (Fsp3) is 0.286. The van der Waals surface area contributed by atoms with Crippen molar-refractivity contribution in [2.75, 3.05) is 6.54 Å². The highest BCUT2D eigenvalue weighted by molar-refractivity contribution is 5.53. The summed E-state index contributed by atoms with van der Waals surface area (Å²) in [4.78, 5) is 13.2. The van der Waals surface area contributed by atoms with Crippen LogP contribution in [0.25, 0.3) is 11.4 Å². The van der Waals surface area contributed by atoms with E-state index in [0.717, 1.165) is 42.0 Å². The van der Waals surface area contributed by atoms with Crippen LogP contribution in [0.1, 0.15) is 36.2 Å². The summed E-state index contributed by atoms with van der Waals surface area (Å²) < 4.78 is 0. The molecule has 0 aliphatic rings. The molecule has 1 aromatic carbocycles. The Hall–Kier alpha value is -2.59. The number of nitrogens with zero attached hydrogens (tertiary/aromatic N) is 3. The van der Waals surface area contributed by atoms with E-state index >= 15 is 0 Å². The first-order chi connectivity index (χ1) is 12.2. The average Bonchev–Trinajstić information content (AvgIpc) is 2.66. The van der Waals surface area contributed by atoms with E-state index in [4.69, 9.17) is 0 Å². The minimum absolute atomic E-state index is 0.238. The van der Waals surface area contributed by atoms with Gasteiger partial charge in [0, 0.05) is 41.5 Å². The van der Waals surface area contributed by atoms with Crippen LogP contribution in [0.5, 0.6) is 0 Å². The lowest BCUT2D eigenvalue weighted by atomic mass is 10.1. The molecule has 1 atom stereocenters. The van der Waals surface area contributed by atoms with Crippen molar-refractivity contribution >= 4 is 0 Å². The first kappa shape index (κ1) is 17.2. The molecule has 3 rings (SSSR count). The molecule has 1 N–H and O–H groups in total. The van der Waals surface area contributed by atoms with Gasteiger partial charge in [-0.1, -0.05) is 30.3 Å². The van der Waals surface area contributed by atoms with Gasteiger partial charge in [0.1, 0.15) is 0 Å². The summed E-state index contributed by atoms with van der Waals surface area (Å²) in [5, 5.41) is 3.58. The Morgan fingerprint density at radius 2 is 1.80 bits per heavy atom. The van der Waals surface area contributed by atoms with Crippen LogP contribution < -0.4 is 5.32 Å². The van der Waals surface area contributed by atoms with Crippen molar-refractivity contribution in [3.05, 3.63) is 77.9 Å². The van der Waals surface area contributed by atoms with Crippen molar-refractivity contribution < 1.29 is 0 Å². The molecule has 0 aliphatic carbocycles. The van der Waals surface area contributed by atoms with Crippen molar-refractivity contribution in [3.63, 3.8) is 0 Å². The van der Waals surface area contributed by atoms with E-state index < -0.39 is 0 Å². The van der Waals surface area contributed by atoms with Crippen LogP contribution in [0, 0.1) is 6.92 Å². The lowest BCUT2D eigenvalue weighted by molar-refractivity contribution is 0.553. The van der Waals surface area contributed by atoms with Crippen LogP contribution in [0.3, 0.4) is 0 Å². The number of hydrogen-bond donors (Lipinski definition) is 1. The summed E-state index contributed by atoms with van der Waals surface area (Å²) >= 11 is 0. The normalized spacial score (nSPS) is 12.1. The summed E-state index contributed by atoms with van der Waals surface area (Å²) in [6.45, 7) is 5.19. The molecule has 4 heteroatoms. The van der Waals surface area contributed by atoms with Gasteiger partial charge in [0.25, 0.3) is 0 Å². The molecule has 4 nitrogen and oxygen atoms in total. The lowest BCUT2D eigenvalue weighted by Gasteiger charge is -2.16. The maximum atomic E-state index is 4.66. The van der Waals surface area contributed by atoms with Crippen LogP contribution in [-0.2, 0) is 6.42 Å². The largest absolute Gasteiger partial charge is 0.310 e. The summed E-state index contributed by atoms with van der Waals surface area (Å²) in [6, 6.07) is 14.7. The van der Waals surface area contributed by atoms with E-state index in [0.29, 0.717) is 0 Å². The number of nitrogens with one attached hydrogen (secondary N) is 1. The van der Waals surface area contributed by atoms with E-state index in [1.165, 1.54) is 5.56 Å². The van der Waals surface area contributed by atoms with Gasteiger partial charge in [0.15, 0.2) is 5.82 Å². The number of pyridine rings is 1. The molecule has 0 unspecified atom stereocenters. The summed E-state index contributed by atoms with van der Waals surface area (Å²) in [6.07, 6.45) is 7.67. The van der Waals surface area contributed by atoms with E-state index in [2.05, 4.69) is 57.5 Å². The molecule has 3 aromatic rings. The molecule has 25 heavy (non-hydrogen) atoms. The van der Waals surface area contributed by atoms with Crippen LogP contribution in [0.15, 0.2) is 61.1 Å². The van der Waals surface area contributed by atoms with Gasteiger partial charge in [0.2, 0.25) is 0 Å². The molecule has 0 bridgehead atoms. The first-order valence-corrected chi connectivity index (χ1v) is 8.75. The number of benzene rings is 1. The highest BCUT2D eigenvalue weighted by Gasteiger charge is 2.11. The Labute approximate surface area is 149 Å². The predicted octanol–water partition coefficient (Wildman–Crippen LogP) is 4.13. The third-order valence-corrected chi connectivity index (χ3v) is 4.36. The molecule has 128 valence electrons. The lowest BCUT2D eigenvalue weighted by Crippen LogP contribution is -2.21. The first-order valence-electron chi connectivity index (χ1n) is 8.75. The second-order valence-electron chi connectivity index (χ2n) is 6.24. The fourth-order valence-electron chi connectivity index (χ4n) is 2.91. The zero-order chi connectivity index (χ0) is 17.5. The van der Waals surface area contributed by atoms with Gasteiger partial charge in [0.05, 0.1) is 0 Å². The highest BCUT2D eigenvalue weighted by Crippen LogP contribution is 2.19. The Balaban J connectivity index is 1.56. The van der Waals surface area contributed by atoms with E-state index in [1.807, 2.05) is 25.3 Å². The van der Waals surface area contributed by atoms with Crippen LogP contribution in [0.4, 0.5) is 0 Å². The Kier molecular flexibility index (Phi) is 5.86. The van der Waals surface area contributed by atoms with Crippen LogP contribution >= 0.6 is 0 Å². The van der Waals surface area contributed by atoms with Crippen molar-refractivity contribution in [3.8, 4) is 11.4 Å². The molecule has 2 aromatic heterocycles. The van der Waals surface area contributed by atoms with Gasteiger partial charge in [-0.25, -0.2) is 9.97 Å². The minimum atomic E-state index is 0.238. The monoisotopic (exact) mass is 332 g/mol. The van der Waals surface area contributed by atoms with Gasteiger partial charge >= 0.3 is 0 Å². The topological polar surface area (TPSA) is 50.7 Å². The van der Waals surface area contributed by atoms with E-state index in [1.54, 1.807) is 12.4 Å². The van der Waals surface area contributed by atoms with Gasteiger partial charge in [-0.05, 0) is 50.9 Å². The Morgan fingerprint density at radius 3 is 2.52 bits per heavy atom. The Bertz CT molecular complexity index is 788. The van der Waals surface area contributed by atoms with Crippen molar-refractivity contribution in [2.24, 2.45) is 0 Å². The number of hydrogen-bond acceptors (Lipinski definition) is 4. The van der Waals surface area contributed by atoms with E-state index in [-0.39, 0.29) is 6.04 Å². The third-order valence-electron chi connectivity index (χ3n) is 4.36. The molecular formula is C21H24N4. The van der Waals surface area contributed by atoms with Gasteiger partial charge in [-0.15, -0.1) is 0 Å². The maximum absolute atomic E-state index is 4.66. The quantitative estimate of drug-likeness (QED) is 0.661. The molecule has 2 heterocycles. The second kappa shape index (κ2) is 8.49. The highest BCUT2D eigenvalue weighted by atomic mass is 14.9. The molecule has 0 saturated heterocycles. The average molecular weight is 332 g/mol. The number of aromatic nitrogens is 3.